The highest BCUT2D eigenvalue weighted by molar-refractivity contribution is 9.10. The number of rotatable bonds is 2. The number of carbonyl (C=O) groups excluding carboxylic acids is 1. The van der Waals surface area contributed by atoms with Crippen molar-refractivity contribution in [3.8, 4) is 0 Å². The Labute approximate surface area is 113 Å². The predicted molar refractivity (Wildman–Crippen MR) is 75.4 cm³/mol. The predicted octanol–water partition coefficient (Wildman–Crippen LogP) is 3.07. The number of urea groups is 1. The van der Waals surface area contributed by atoms with Gasteiger partial charge in [0.2, 0.25) is 0 Å². The van der Waals surface area contributed by atoms with E-state index in [0.717, 1.165) is 4.47 Å². The minimum absolute atomic E-state index is 0.356. The Balaban J connectivity index is 1.98. The van der Waals surface area contributed by atoms with E-state index in [9.17, 15) is 4.79 Å². The molecule has 2 aromatic rings. The molecule has 0 radical (unpaired) electrons. The Morgan fingerprint density at radius 2 is 1.89 bits per heavy atom. The first kappa shape index (κ1) is 12.4. The summed E-state index contributed by atoms with van der Waals surface area (Å²) in [7, 11) is 0. The maximum Gasteiger partial charge on any atom is 0.324 e. The van der Waals surface area contributed by atoms with E-state index in [0.29, 0.717) is 17.2 Å². The van der Waals surface area contributed by atoms with Crippen LogP contribution in [0.3, 0.4) is 0 Å². The normalized spacial score (nSPS) is 9.83. The van der Waals surface area contributed by atoms with E-state index >= 15 is 0 Å². The van der Waals surface area contributed by atoms with Crippen molar-refractivity contribution in [2.45, 2.75) is 0 Å². The van der Waals surface area contributed by atoms with Crippen LogP contribution in [0.1, 0.15) is 0 Å². The first-order valence-electron chi connectivity index (χ1n) is 5.18. The second-order valence-corrected chi connectivity index (χ2v) is 4.48. The van der Waals surface area contributed by atoms with Crippen molar-refractivity contribution in [1.82, 2.24) is 4.98 Å². The number of hydrogen-bond acceptors (Lipinski definition) is 3. The number of halogens is 1. The van der Waals surface area contributed by atoms with Crippen LogP contribution in [0.5, 0.6) is 0 Å². The smallest absolute Gasteiger partial charge is 0.324 e. The number of anilines is 3. The third-order valence-corrected chi connectivity index (χ3v) is 2.63. The molecule has 0 aliphatic rings. The molecule has 0 aliphatic carbocycles. The number of pyridine rings is 1. The van der Waals surface area contributed by atoms with Gasteiger partial charge in [-0.1, -0.05) is 15.9 Å². The van der Waals surface area contributed by atoms with Gasteiger partial charge in [-0.05, 0) is 36.4 Å². The fourth-order valence-electron chi connectivity index (χ4n) is 1.32. The standard InChI is InChI=1S/C12H11BrN4O/c13-8-5-6-15-11(7-8)17-12(18)16-10-3-1-9(14)2-4-10/h1-7H,14H2,(H2,15,16,17,18). The third kappa shape index (κ3) is 3.46. The fraction of sp³-hybridized carbons (Fsp3) is 0. The van der Waals surface area contributed by atoms with Crippen molar-refractivity contribution < 1.29 is 4.79 Å². The van der Waals surface area contributed by atoms with Crippen molar-refractivity contribution in [1.29, 1.82) is 0 Å². The number of amides is 2. The van der Waals surface area contributed by atoms with Crippen molar-refractivity contribution in [3.63, 3.8) is 0 Å². The Bertz CT molecular complexity index is 556. The zero-order valence-electron chi connectivity index (χ0n) is 9.35. The van der Waals surface area contributed by atoms with Crippen LogP contribution in [-0.2, 0) is 0 Å². The Morgan fingerprint density at radius 1 is 1.17 bits per heavy atom. The van der Waals surface area contributed by atoms with Crippen LogP contribution < -0.4 is 16.4 Å². The van der Waals surface area contributed by atoms with Gasteiger partial charge >= 0.3 is 6.03 Å². The van der Waals surface area contributed by atoms with E-state index in [1.165, 1.54) is 0 Å². The maximum atomic E-state index is 11.7. The van der Waals surface area contributed by atoms with Crippen LogP contribution in [0.15, 0.2) is 47.1 Å². The van der Waals surface area contributed by atoms with Gasteiger partial charge in [-0.15, -0.1) is 0 Å². The molecular formula is C12H11BrN4O. The summed E-state index contributed by atoms with van der Waals surface area (Å²) in [6.45, 7) is 0. The average molecular weight is 307 g/mol. The lowest BCUT2D eigenvalue weighted by Gasteiger charge is -2.07. The van der Waals surface area contributed by atoms with E-state index in [2.05, 4.69) is 31.5 Å². The first-order chi connectivity index (χ1) is 8.63. The molecule has 5 nitrogen and oxygen atoms in total. The quantitative estimate of drug-likeness (QED) is 0.746. The lowest BCUT2D eigenvalue weighted by molar-refractivity contribution is 0.262. The first-order valence-corrected chi connectivity index (χ1v) is 5.98. The summed E-state index contributed by atoms with van der Waals surface area (Å²) in [4.78, 5) is 15.7. The second-order valence-electron chi connectivity index (χ2n) is 3.56. The molecule has 4 N–H and O–H groups in total. The second kappa shape index (κ2) is 5.50. The number of hydrogen-bond donors (Lipinski definition) is 3. The summed E-state index contributed by atoms with van der Waals surface area (Å²) < 4.78 is 0.847. The van der Waals surface area contributed by atoms with Gasteiger partial charge in [0.15, 0.2) is 0 Å². The van der Waals surface area contributed by atoms with Gasteiger partial charge in [-0.3, -0.25) is 5.32 Å². The number of nitrogens with one attached hydrogen (secondary N) is 2. The lowest BCUT2D eigenvalue weighted by Crippen LogP contribution is -2.19. The molecule has 1 heterocycles. The maximum absolute atomic E-state index is 11.7. The molecule has 0 saturated carbocycles. The monoisotopic (exact) mass is 306 g/mol. The molecule has 1 aromatic heterocycles. The number of nitrogens with two attached hydrogens (primary N) is 1. The number of benzene rings is 1. The van der Waals surface area contributed by atoms with Crippen LogP contribution in [0.4, 0.5) is 22.0 Å². The molecule has 6 heteroatoms. The molecule has 0 bridgehead atoms. The summed E-state index contributed by atoms with van der Waals surface area (Å²) in [5.41, 5.74) is 6.87. The van der Waals surface area contributed by atoms with Crippen LogP contribution >= 0.6 is 15.9 Å². The Morgan fingerprint density at radius 3 is 2.56 bits per heavy atom. The molecule has 18 heavy (non-hydrogen) atoms. The number of aromatic nitrogens is 1. The van der Waals surface area contributed by atoms with Crippen LogP contribution in [0.25, 0.3) is 0 Å². The molecule has 92 valence electrons. The van der Waals surface area contributed by atoms with E-state index in [-0.39, 0.29) is 6.03 Å². The van der Waals surface area contributed by atoms with Crippen molar-refractivity contribution >= 4 is 39.2 Å². The van der Waals surface area contributed by atoms with E-state index in [1.54, 1.807) is 42.6 Å². The third-order valence-electron chi connectivity index (χ3n) is 2.13. The minimum Gasteiger partial charge on any atom is -0.399 e. The molecule has 0 fully saturated rings. The van der Waals surface area contributed by atoms with Gasteiger partial charge in [0, 0.05) is 22.0 Å². The summed E-state index contributed by atoms with van der Waals surface area (Å²) >= 11 is 3.30. The van der Waals surface area contributed by atoms with Gasteiger partial charge in [-0.25, -0.2) is 9.78 Å². The highest BCUT2D eigenvalue weighted by Crippen LogP contribution is 2.14. The van der Waals surface area contributed by atoms with Gasteiger partial charge < -0.3 is 11.1 Å². The summed E-state index contributed by atoms with van der Waals surface area (Å²) in [5.74, 6) is 0.470. The molecule has 0 spiro atoms. The zero-order chi connectivity index (χ0) is 13.0. The van der Waals surface area contributed by atoms with Gasteiger partial charge in [0.1, 0.15) is 5.82 Å². The summed E-state index contributed by atoms with van der Waals surface area (Å²) in [5, 5.41) is 5.30. The molecule has 1 aromatic carbocycles. The number of carbonyl (C=O) groups is 1. The minimum atomic E-state index is -0.356. The van der Waals surface area contributed by atoms with E-state index in [4.69, 9.17) is 5.73 Å². The summed E-state index contributed by atoms with van der Waals surface area (Å²) in [6.07, 6.45) is 1.60. The molecule has 0 aliphatic heterocycles. The lowest BCUT2D eigenvalue weighted by atomic mass is 10.3. The van der Waals surface area contributed by atoms with Crippen LogP contribution in [0.2, 0.25) is 0 Å². The van der Waals surface area contributed by atoms with Crippen molar-refractivity contribution in [2.75, 3.05) is 16.4 Å². The Hall–Kier alpha value is -2.08. The molecule has 2 amide bonds. The van der Waals surface area contributed by atoms with Gasteiger partial charge in [0.25, 0.3) is 0 Å². The van der Waals surface area contributed by atoms with Crippen molar-refractivity contribution in [3.05, 3.63) is 47.1 Å². The molecule has 0 unspecified atom stereocenters. The average Bonchev–Trinajstić information content (AvgIpc) is 2.32. The van der Waals surface area contributed by atoms with Gasteiger partial charge in [-0.2, -0.15) is 0 Å². The van der Waals surface area contributed by atoms with Crippen LogP contribution in [0, 0.1) is 0 Å². The van der Waals surface area contributed by atoms with Crippen molar-refractivity contribution in [2.24, 2.45) is 0 Å². The molecular weight excluding hydrogens is 296 g/mol. The highest BCUT2D eigenvalue weighted by atomic mass is 79.9. The van der Waals surface area contributed by atoms with Crippen LogP contribution in [-0.4, -0.2) is 11.0 Å². The summed E-state index contributed by atoms with van der Waals surface area (Å²) in [6, 6.07) is 10.0. The Kier molecular flexibility index (Phi) is 3.78. The SMILES string of the molecule is Nc1ccc(NC(=O)Nc2cc(Br)ccn2)cc1. The number of nitrogens with zero attached hydrogens (tertiary/aromatic N) is 1. The molecule has 0 saturated heterocycles. The number of nitrogen functional groups attached to an aromatic ring is 1. The topological polar surface area (TPSA) is 80.0 Å². The van der Waals surface area contributed by atoms with E-state index in [1.807, 2.05) is 0 Å². The molecule has 2 rings (SSSR count). The largest absolute Gasteiger partial charge is 0.399 e. The van der Waals surface area contributed by atoms with E-state index < -0.39 is 0 Å². The zero-order valence-corrected chi connectivity index (χ0v) is 10.9. The highest BCUT2D eigenvalue weighted by Gasteiger charge is 2.03. The van der Waals surface area contributed by atoms with Gasteiger partial charge in [0.05, 0.1) is 0 Å². The fourth-order valence-corrected chi connectivity index (χ4v) is 1.65. The molecule has 0 atom stereocenters.